The SMILES string of the molecule is CNC(=O)C[C@@H]1CCN(C(=O)COC(C)C)C1. The topological polar surface area (TPSA) is 58.6 Å². The second-order valence-corrected chi connectivity index (χ2v) is 4.73. The Hall–Kier alpha value is -1.10. The van der Waals surface area contributed by atoms with E-state index < -0.39 is 0 Å². The number of carbonyl (C=O) groups excluding carboxylic acids is 2. The van der Waals surface area contributed by atoms with E-state index in [0.717, 1.165) is 13.0 Å². The zero-order chi connectivity index (χ0) is 12.8. The molecule has 0 aromatic rings. The molecule has 0 saturated carbocycles. The van der Waals surface area contributed by atoms with Crippen LogP contribution in [0.4, 0.5) is 0 Å². The van der Waals surface area contributed by atoms with Gasteiger partial charge in [-0.25, -0.2) is 0 Å². The maximum Gasteiger partial charge on any atom is 0.248 e. The van der Waals surface area contributed by atoms with Crippen LogP contribution >= 0.6 is 0 Å². The summed E-state index contributed by atoms with van der Waals surface area (Å²) in [5.74, 6) is 0.360. The van der Waals surface area contributed by atoms with Crippen molar-refractivity contribution in [3.8, 4) is 0 Å². The molecule has 0 radical (unpaired) electrons. The summed E-state index contributed by atoms with van der Waals surface area (Å²) in [4.78, 5) is 24.8. The van der Waals surface area contributed by atoms with Gasteiger partial charge in [-0.2, -0.15) is 0 Å². The molecule has 1 rings (SSSR count). The van der Waals surface area contributed by atoms with Gasteiger partial charge in [0.25, 0.3) is 0 Å². The van der Waals surface area contributed by atoms with E-state index in [1.807, 2.05) is 13.8 Å². The van der Waals surface area contributed by atoms with Gasteiger partial charge in [-0.3, -0.25) is 9.59 Å². The van der Waals surface area contributed by atoms with Crippen LogP contribution < -0.4 is 5.32 Å². The lowest BCUT2D eigenvalue weighted by Crippen LogP contribution is -2.33. The van der Waals surface area contributed by atoms with Crippen molar-refractivity contribution in [2.24, 2.45) is 5.92 Å². The van der Waals surface area contributed by atoms with Gasteiger partial charge >= 0.3 is 0 Å². The number of likely N-dealkylation sites (tertiary alicyclic amines) is 1. The van der Waals surface area contributed by atoms with Crippen LogP contribution in [-0.2, 0) is 14.3 Å². The van der Waals surface area contributed by atoms with Crippen molar-refractivity contribution in [1.82, 2.24) is 10.2 Å². The highest BCUT2D eigenvalue weighted by Gasteiger charge is 2.27. The predicted molar refractivity (Wildman–Crippen MR) is 64.5 cm³/mol. The van der Waals surface area contributed by atoms with Crippen LogP contribution in [0.3, 0.4) is 0 Å². The molecule has 1 fully saturated rings. The van der Waals surface area contributed by atoms with E-state index in [0.29, 0.717) is 13.0 Å². The van der Waals surface area contributed by atoms with Crippen molar-refractivity contribution in [3.63, 3.8) is 0 Å². The van der Waals surface area contributed by atoms with Gasteiger partial charge in [-0.15, -0.1) is 0 Å². The lowest BCUT2D eigenvalue weighted by Gasteiger charge is -2.17. The molecule has 5 heteroatoms. The molecule has 17 heavy (non-hydrogen) atoms. The third-order valence-corrected chi connectivity index (χ3v) is 2.93. The molecule has 1 N–H and O–H groups in total. The van der Waals surface area contributed by atoms with Crippen molar-refractivity contribution in [2.75, 3.05) is 26.7 Å². The number of carbonyl (C=O) groups is 2. The molecule has 1 heterocycles. The zero-order valence-electron chi connectivity index (χ0n) is 10.9. The molecule has 1 atom stereocenters. The summed E-state index contributed by atoms with van der Waals surface area (Å²) >= 11 is 0. The predicted octanol–water partition coefficient (Wildman–Crippen LogP) is 0.396. The highest BCUT2D eigenvalue weighted by atomic mass is 16.5. The van der Waals surface area contributed by atoms with Crippen LogP contribution in [0.1, 0.15) is 26.7 Å². The summed E-state index contributed by atoms with van der Waals surface area (Å²) in [5, 5.41) is 2.61. The number of nitrogens with zero attached hydrogens (tertiary/aromatic N) is 1. The molecule has 0 aromatic carbocycles. The minimum absolute atomic E-state index is 0.0260. The third kappa shape index (κ3) is 4.73. The van der Waals surface area contributed by atoms with Gasteiger partial charge in [0.1, 0.15) is 6.61 Å². The first-order chi connectivity index (χ1) is 8.02. The Balaban J connectivity index is 2.29. The first kappa shape index (κ1) is 14.0. The number of hydrogen-bond acceptors (Lipinski definition) is 3. The second-order valence-electron chi connectivity index (χ2n) is 4.73. The third-order valence-electron chi connectivity index (χ3n) is 2.93. The average molecular weight is 242 g/mol. The highest BCUT2D eigenvalue weighted by molar-refractivity contribution is 5.78. The minimum atomic E-state index is 0.0260. The van der Waals surface area contributed by atoms with Gasteiger partial charge in [0.05, 0.1) is 6.10 Å². The Kier molecular flexibility index (Phi) is 5.41. The van der Waals surface area contributed by atoms with Crippen LogP contribution in [0.5, 0.6) is 0 Å². The Labute approximate surface area is 102 Å². The van der Waals surface area contributed by atoms with Crippen molar-refractivity contribution < 1.29 is 14.3 Å². The molecule has 98 valence electrons. The van der Waals surface area contributed by atoms with E-state index in [1.165, 1.54) is 0 Å². The Bertz CT molecular complexity index is 279. The fraction of sp³-hybridized carbons (Fsp3) is 0.833. The molecule has 5 nitrogen and oxygen atoms in total. The standard InChI is InChI=1S/C12H22N2O3/c1-9(2)17-8-12(16)14-5-4-10(7-14)6-11(15)13-3/h9-10H,4-8H2,1-3H3,(H,13,15)/t10-/m0/s1. The first-order valence-corrected chi connectivity index (χ1v) is 6.13. The van der Waals surface area contributed by atoms with Gasteiger partial charge in [0.15, 0.2) is 0 Å². The van der Waals surface area contributed by atoms with Crippen molar-refractivity contribution in [1.29, 1.82) is 0 Å². The normalized spacial score (nSPS) is 19.8. The van der Waals surface area contributed by atoms with E-state index in [-0.39, 0.29) is 30.4 Å². The van der Waals surface area contributed by atoms with E-state index in [4.69, 9.17) is 4.74 Å². The Morgan fingerprint density at radius 2 is 2.18 bits per heavy atom. The fourth-order valence-corrected chi connectivity index (χ4v) is 1.92. The molecule has 0 bridgehead atoms. The molecule has 1 saturated heterocycles. The molecule has 1 aliphatic heterocycles. The van der Waals surface area contributed by atoms with Crippen LogP contribution in [0.25, 0.3) is 0 Å². The van der Waals surface area contributed by atoms with E-state index in [9.17, 15) is 9.59 Å². The van der Waals surface area contributed by atoms with E-state index >= 15 is 0 Å². The largest absolute Gasteiger partial charge is 0.369 e. The fourth-order valence-electron chi connectivity index (χ4n) is 1.92. The summed E-state index contributed by atoms with van der Waals surface area (Å²) in [5.41, 5.74) is 0. The van der Waals surface area contributed by atoms with Crippen molar-refractivity contribution >= 4 is 11.8 Å². The number of ether oxygens (including phenoxy) is 1. The van der Waals surface area contributed by atoms with E-state index in [2.05, 4.69) is 5.32 Å². The van der Waals surface area contributed by atoms with Crippen molar-refractivity contribution in [2.45, 2.75) is 32.8 Å². The Morgan fingerprint density at radius 1 is 1.47 bits per heavy atom. The maximum absolute atomic E-state index is 11.8. The summed E-state index contributed by atoms with van der Waals surface area (Å²) in [6.07, 6.45) is 1.48. The first-order valence-electron chi connectivity index (χ1n) is 6.13. The molecule has 2 amide bonds. The molecular weight excluding hydrogens is 220 g/mol. The van der Waals surface area contributed by atoms with Crippen LogP contribution in [0.15, 0.2) is 0 Å². The summed E-state index contributed by atoms with van der Waals surface area (Å²) in [7, 11) is 1.64. The van der Waals surface area contributed by atoms with E-state index in [1.54, 1.807) is 11.9 Å². The molecular formula is C12H22N2O3. The number of rotatable bonds is 5. The van der Waals surface area contributed by atoms with Crippen LogP contribution in [-0.4, -0.2) is 49.6 Å². The van der Waals surface area contributed by atoms with Crippen LogP contribution in [0, 0.1) is 5.92 Å². The molecule has 1 aliphatic rings. The molecule has 0 aromatic heterocycles. The smallest absolute Gasteiger partial charge is 0.248 e. The monoisotopic (exact) mass is 242 g/mol. The van der Waals surface area contributed by atoms with Crippen molar-refractivity contribution in [3.05, 3.63) is 0 Å². The summed E-state index contributed by atoms with van der Waals surface area (Å²) < 4.78 is 5.28. The number of nitrogens with one attached hydrogen (secondary N) is 1. The molecule has 0 unspecified atom stereocenters. The molecule has 0 aliphatic carbocycles. The summed E-state index contributed by atoms with van der Waals surface area (Å²) in [6.45, 7) is 5.37. The van der Waals surface area contributed by atoms with Gasteiger partial charge in [0.2, 0.25) is 11.8 Å². The molecule has 0 spiro atoms. The lowest BCUT2D eigenvalue weighted by atomic mass is 10.1. The van der Waals surface area contributed by atoms with Gasteiger partial charge in [-0.05, 0) is 26.2 Å². The average Bonchev–Trinajstić information content (AvgIpc) is 2.74. The second kappa shape index (κ2) is 6.59. The quantitative estimate of drug-likeness (QED) is 0.759. The number of amides is 2. The van der Waals surface area contributed by atoms with Gasteiger partial charge in [-0.1, -0.05) is 0 Å². The number of hydrogen-bond donors (Lipinski definition) is 1. The van der Waals surface area contributed by atoms with Crippen LogP contribution in [0.2, 0.25) is 0 Å². The highest BCUT2D eigenvalue weighted by Crippen LogP contribution is 2.19. The van der Waals surface area contributed by atoms with Gasteiger partial charge in [0, 0.05) is 26.6 Å². The lowest BCUT2D eigenvalue weighted by molar-refractivity contribution is -0.136. The zero-order valence-corrected chi connectivity index (χ0v) is 10.9. The Morgan fingerprint density at radius 3 is 2.76 bits per heavy atom. The minimum Gasteiger partial charge on any atom is -0.369 e. The van der Waals surface area contributed by atoms with Gasteiger partial charge < -0.3 is 15.0 Å². The maximum atomic E-state index is 11.8. The summed E-state index contributed by atoms with van der Waals surface area (Å²) in [6, 6.07) is 0.